The first-order chi connectivity index (χ1) is 12.4. The topological polar surface area (TPSA) is 105 Å². The summed E-state index contributed by atoms with van der Waals surface area (Å²) in [5.74, 6) is -1.18. The van der Waals surface area contributed by atoms with Gasteiger partial charge in [-0.05, 0) is 23.8 Å². The molecule has 0 aliphatic carbocycles. The van der Waals surface area contributed by atoms with E-state index < -0.39 is 22.8 Å². The number of benzene rings is 1. The van der Waals surface area contributed by atoms with Crippen LogP contribution in [0.1, 0.15) is 18.0 Å². The van der Waals surface area contributed by atoms with Gasteiger partial charge in [0, 0.05) is 37.6 Å². The van der Waals surface area contributed by atoms with Crippen LogP contribution in [-0.2, 0) is 9.59 Å². The van der Waals surface area contributed by atoms with E-state index in [1.807, 2.05) is 0 Å². The number of amides is 2. The average molecular weight is 375 g/mol. The number of anilines is 1. The first-order valence-electron chi connectivity index (χ1n) is 7.79. The Bertz CT molecular complexity index is 874. The Hall–Kier alpha value is -3.00. The fourth-order valence-electron chi connectivity index (χ4n) is 3.08. The highest BCUT2D eigenvalue weighted by molar-refractivity contribution is 6.32. The summed E-state index contributed by atoms with van der Waals surface area (Å²) >= 11 is 5.78. The van der Waals surface area contributed by atoms with Crippen molar-refractivity contribution in [2.45, 2.75) is 12.5 Å². The molecule has 0 bridgehead atoms. The van der Waals surface area contributed by atoms with E-state index in [0.717, 1.165) is 5.56 Å². The summed E-state index contributed by atoms with van der Waals surface area (Å²) in [6.07, 6.45) is 3.28. The molecular formula is C17H15ClN4O4. The number of aromatic nitrogens is 1. The molecule has 134 valence electrons. The van der Waals surface area contributed by atoms with Crippen molar-refractivity contribution in [1.82, 2.24) is 9.88 Å². The first kappa shape index (κ1) is 17.8. The van der Waals surface area contributed by atoms with Crippen molar-refractivity contribution < 1.29 is 14.5 Å². The van der Waals surface area contributed by atoms with Gasteiger partial charge in [-0.25, -0.2) is 0 Å². The summed E-state index contributed by atoms with van der Waals surface area (Å²) in [6, 6.07) is 7.12. The number of rotatable bonds is 4. The Morgan fingerprint density at radius 2 is 2.19 bits per heavy atom. The maximum absolute atomic E-state index is 12.7. The second kappa shape index (κ2) is 7.09. The molecule has 2 atom stereocenters. The van der Waals surface area contributed by atoms with Gasteiger partial charge in [-0.3, -0.25) is 24.7 Å². The fourth-order valence-corrected chi connectivity index (χ4v) is 3.26. The van der Waals surface area contributed by atoms with Crippen LogP contribution in [0.25, 0.3) is 0 Å². The van der Waals surface area contributed by atoms with Crippen molar-refractivity contribution in [3.8, 4) is 0 Å². The van der Waals surface area contributed by atoms with Crippen molar-refractivity contribution in [1.29, 1.82) is 0 Å². The maximum atomic E-state index is 12.7. The molecule has 0 spiro atoms. The van der Waals surface area contributed by atoms with Crippen LogP contribution < -0.4 is 5.32 Å². The third kappa shape index (κ3) is 3.36. The molecule has 1 aromatic carbocycles. The van der Waals surface area contributed by atoms with Crippen LogP contribution in [0.3, 0.4) is 0 Å². The zero-order chi connectivity index (χ0) is 18.8. The molecule has 0 radical (unpaired) electrons. The summed E-state index contributed by atoms with van der Waals surface area (Å²) < 4.78 is 0. The smallest absolute Gasteiger partial charge is 0.289 e. The molecule has 2 unspecified atom stereocenters. The number of pyridine rings is 1. The average Bonchev–Trinajstić information content (AvgIpc) is 2.92. The van der Waals surface area contributed by atoms with Crippen LogP contribution in [0.15, 0.2) is 42.7 Å². The van der Waals surface area contributed by atoms with Crippen LogP contribution in [-0.4, -0.2) is 33.7 Å². The summed E-state index contributed by atoms with van der Waals surface area (Å²) in [5.41, 5.74) is 0.703. The molecule has 1 aromatic heterocycles. The summed E-state index contributed by atoms with van der Waals surface area (Å²) in [6.45, 7) is 0. The fraction of sp³-hybridized carbons (Fsp3) is 0.235. The highest BCUT2D eigenvalue weighted by atomic mass is 35.5. The zero-order valence-corrected chi connectivity index (χ0v) is 14.5. The van der Waals surface area contributed by atoms with Crippen LogP contribution in [0, 0.1) is 16.0 Å². The maximum Gasteiger partial charge on any atom is 0.289 e. The molecule has 8 nitrogen and oxygen atoms in total. The van der Waals surface area contributed by atoms with E-state index in [9.17, 15) is 19.7 Å². The zero-order valence-electron chi connectivity index (χ0n) is 13.8. The molecule has 2 aromatic rings. The first-order valence-corrected chi connectivity index (χ1v) is 8.16. The van der Waals surface area contributed by atoms with Gasteiger partial charge in [-0.1, -0.05) is 17.7 Å². The Kier molecular flexibility index (Phi) is 4.85. The molecule has 9 heteroatoms. The third-order valence-corrected chi connectivity index (χ3v) is 4.68. The minimum atomic E-state index is -0.633. The van der Waals surface area contributed by atoms with E-state index in [-0.39, 0.29) is 28.7 Å². The number of nitro groups is 1. The van der Waals surface area contributed by atoms with E-state index in [2.05, 4.69) is 10.3 Å². The second-order valence-electron chi connectivity index (χ2n) is 5.96. The molecule has 3 rings (SSSR count). The number of carbonyl (C=O) groups is 2. The van der Waals surface area contributed by atoms with Gasteiger partial charge < -0.3 is 10.2 Å². The Labute approximate surface area is 153 Å². The number of hydrogen-bond acceptors (Lipinski definition) is 5. The van der Waals surface area contributed by atoms with Crippen LogP contribution in [0.2, 0.25) is 5.02 Å². The second-order valence-corrected chi connectivity index (χ2v) is 6.37. The predicted molar refractivity (Wildman–Crippen MR) is 94.6 cm³/mol. The van der Waals surface area contributed by atoms with E-state index in [1.165, 1.54) is 23.1 Å². The van der Waals surface area contributed by atoms with Crippen molar-refractivity contribution in [3.63, 3.8) is 0 Å². The minimum Gasteiger partial charge on any atom is -0.338 e. The summed E-state index contributed by atoms with van der Waals surface area (Å²) in [4.78, 5) is 40.8. The number of carbonyl (C=O) groups excluding carboxylic acids is 2. The SMILES string of the molecule is CN1C(=O)CC(C(=O)Nc2ccc(Cl)c([N+](=O)[O-])c2)C1c1cccnc1. The Balaban J connectivity index is 1.86. The van der Waals surface area contributed by atoms with Gasteiger partial charge >= 0.3 is 0 Å². The number of nitro benzene ring substituents is 1. The van der Waals surface area contributed by atoms with Crippen molar-refractivity contribution in [3.05, 3.63) is 63.4 Å². The number of nitrogens with one attached hydrogen (secondary N) is 1. The van der Waals surface area contributed by atoms with Gasteiger partial charge in [-0.15, -0.1) is 0 Å². The van der Waals surface area contributed by atoms with Gasteiger partial charge in [0.15, 0.2) is 0 Å². The van der Waals surface area contributed by atoms with Crippen LogP contribution in [0.5, 0.6) is 0 Å². The third-order valence-electron chi connectivity index (χ3n) is 4.36. The molecule has 1 fully saturated rings. The quantitative estimate of drug-likeness (QED) is 0.654. The Morgan fingerprint density at radius 1 is 1.42 bits per heavy atom. The van der Waals surface area contributed by atoms with Gasteiger partial charge in [0.25, 0.3) is 5.69 Å². The van der Waals surface area contributed by atoms with Crippen LogP contribution in [0.4, 0.5) is 11.4 Å². The van der Waals surface area contributed by atoms with E-state index in [1.54, 1.807) is 31.6 Å². The lowest BCUT2D eigenvalue weighted by Crippen LogP contribution is -2.30. The van der Waals surface area contributed by atoms with E-state index in [4.69, 9.17) is 11.6 Å². The molecule has 1 aliphatic heterocycles. The van der Waals surface area contributed by atoms with Gasteiger partial charge in [-0.2, -0.15) is 0 Å². The number of hydrogen-bond donors (Lipinski definition) is 1. The monoisotopic (exact) mass is 374 g/mol. The summed E-state index contributed by atoms with van der Waals surface area (Å²) in [5, 5.41) is 13.6. The molecule has 1 N–H and O–H groups in total. The molecule has 2 heterocycles. The number of nitrogens with zero attached hydrogens (tertiary/aromatic N) is 3. The summed E-state index contributed by atoms with van der Waals surface area (Å²) in [7, 11) is 1.64. The lowest BCUT2D eigenvalue weighted by Gasteiger charge is -2.24. The normalized spacial score (nSPS) is 19.5. The minimum absolute atomic E-state index is 0.0167. The number of halogens is 1. The molecule has 1 saturated heterocycles. The van der Waals surface area contributed by atoms with Gasteiger partial charge in [0.1, 0.15) is 5.02 Å². The molecular weight excluding hydrogens is 360 g/mol. The largest absolute Gasteiger partial charge is 0.338 e. The molecule has 26 heavy (non-hydrogen) atoms. The van der Waals surface area contributed by atoms with Gasteiger partial charge in [0.05, 0.1) is 16.9 Å². The highest BCUT2D eigenvalue weighted by Crippen LogP contribution is 2.37. The van der Waals surface area contributed by atoms with Gasteiger partial charge in [0.2, 0.25) is 11.8 Å². The standard InChI is InChI=1S/C17H15ClN4O4/c1-21-15(23)8-12(16(21)10-3-2-6-19-9-10)17(24)20-11-4-5-13(18)14(7-11)22(25)26/h2-7,9,12,16H,8H2,1H3,(H,20,24). The van der Waals surface area contributed by atoms with Crippen molar-refractivity contribution in [2.75, 3.05) is 12.4 Å². The molecule has 1 aliphatic rings. The van der Waals surface area contributed by atoms with Crippen molar-refractivity contribution in [2.24, 2.45) is 5.92 Å². The van der Waals surface area contributed by atoms with E-state index >= 15 is 0 Å². The van der Waals surface area contributed by atoms with Crippen molar-refractivity contribution >= 4 is 34.8 Å². The number of likely N-dealkylation sites (tertiary alicyclic amines) is 1. The predicted octanol–water partition coefficient (Wildman–Crippen LogP) is 2.80. The van der Waals surface area contributed by atoms with Crippen LogP contribution >= 0.6 is 11.6 Å². The lowest BCUT2D eigenvalue weighted by molar-refractivity contribution is -0.384. The molecule has 2 amide bonds. The lowest BCUT2D eigenvalue weighted by atomic mass is 9.94. The van der Waals surface area contributed by atoms with E-state index in [0.29, 0.717) is 0 Å². The molecule has 0 saturated carbocycles. The Morgan fingerprint density at radius 3 is 2.85 bits per heavy atom. The highest BCUT2D eigenvalue weighted by Gasteiger charge is 2.42.